The summed E-state index contributed by atoms with van der Waals surface area (Å²) in [5.74, 6) is 0.657. The maximum atomic E-state index is 4.33. The zero-order valence-electron chi connectivity index (χ0n) is 9.03. The average Bonchev–Trinajstić information content (AvgIpc) is 2.67. The first kappa shape index (κ1) is 9.71. The molecule has 2 heterocycles. The molecule has 1 fully saturated rings. The Labute approximate surface area is 85.5 Å². The Hall–Kier alpha value is -0.830. The summed E-state index contributed by atoms with van der Waals surface area (Å²) >= 11 is 0. The predicted octanol–water partition coefficient (Wildman–Crippen LogP) is 1.76. The third-order valence-electron chi connectivity index (χ3n) is 3.17. The third-order valence-corrected chi connectivity index (χ3v) is 3.17. The van der Waals surface area contributed by atoms with E-state index in [1.54, 1.807) is 0 Å². The average molecular weight is 193 g/mol. The van der Waals surface area contributed by atoms with Gasteiger partial charge in [0.25, 0.3) is 0 Å². The number of piperidine rings is 1. The lowest BCUT2D eigenvalue weighted by molar-refractivity contribution is 0.371. The van der Waals surface area contributed by atoms with E-state index in [9.17, 15) is 0 Å². The molecule has 3 nitrogen and oxygen atoms in total. The summed E-state index contributed by atoms with van der Waals surface area (Å²) in [5.41, 5.74) is 1.39. The van der Waals surface area contributed by atoms with Crippen molar-refractivity contribution in [3.8, 4) is 0 Å². The molecular formula is C11H19N3. The molecule has 3 heteroatoms. The maximum Gasteiger partial charge on any atom is 0.0525 e. The maximum absolute atomic E-state index is 4.33. The van der Waals surface area contributed by atoms with E-state index in [0.29, 0.717) is 12.0 Å². The number of aromatic nitrogens is 2. The summed E-state index contributed by atoms with van der Waals surface area (Å²) in [6.45, 7) is 6.53. The Morgan fingerprint density at radius 2 is 2.50 bits per heavy atom. The van der Waals surface area contributed by atoms with Crippen LogP contribution in [0.25, 0.3) is 0 Å². The number of hydrogen-bond donors (Lipinski definition) is 1. The van der Waals surface area contributed by atoms with Gasteiger partial charge in [-0.1, -0.05) is 0 Å². The summed E-state index contributed by atoms with van der Waals surface area (Å²) < 4.78 is 2.01. The Morgan fingerprint density at radius 1 is 1.64 bits per heavy atom. The van der Waals surface area contributed by atoms with Gasteiger partial charge < -0.3 is 5.32 Å². The zero-order chi connectivity index (χ0) is 9.97. The fraction of sp³-hybridized carbons (Fsp3) is 0.727. The molecule has 0 amide bonds. The van der Waals surface area contributed by atoms with Crippen LogP contribution in [0.5, 0.6) is 0 Å². The first-order valence-corrected chi connectivity index (χ1v) is 5.57. The molecule has 2 atom stereocenters. The topological polar surface area (TPSA) is 29.9 Å². The minimum absolute atomic E-state index is 0.596. The molecule has 0 aliphatic carbocycles. The van der Waals surface area contributed by atoms with Gasteiger partial charge in [0.1, 0.15) is 0 Å². The van der Waals surface area contributed by atoms with Crippen molar-refractivity contribution in [2.24, 2.45) is 0 Å². The largest absolute Gasteiger partial charge is 0.314 e. The highest BCUT2D eigenvalue weighted by atomic mass is 15.3. The Morgan fingerprint density at radius 3 is 3.14 bits per heavy atom. The first-order chi connectivity index (χ1) is 6.81. The molecule has 0 saturated carbocycles. The van der Waals surface area contributed by atoms with Crippen molar-refractivity contribution in [1.29, 1.82) is 0 Å². The van der Waals surface area contributed by atoms with Gasteiger partial charge in [-0.15, -0.1) is 0 Å². The number of aryl methyl sites for hydroxylation is 1. The monoisotopic (exact) mass is 193 g/mol. The number of nitrogens with one attached hydrogen (secondary N) is 1. The van der Waals surface area contributed by atoms with Gasteiger partial charge in [0.15, 0.2) is 0 Å². The van der Waals surface area contributed by atoms with Gasteiger partial charge in [0.2, 0.25) is 0 Å². The van der Waals surface area contributed by atoms with E-state index >= 15 is 0 Å². The second-order valence-electron chi connectivity index (χ2n) is 4.12. The second kappa shape index (κ2) is 4.13. The summed E-state index contributed by atoms with van der Waals surface area (Å²) in [6.07, 6.45) is 6.79. The highest BCUT2D eigenvalue weighted by molar-refractivity contribution is 5.14. The number of hydrogen-bond acceptors (Lipinski definition) is 2. The van der Waals surface area contributed by atoms with Crippen LogP contribution in [0, 0.1) is 0 Å². The van der Waals surface area contributed by atoms with Gasteiger partial charge in [0.05, 0.1) is 6.20 Å². The van der Waals surface area contributed by atoms with Crippen molar-refractivity contribution in [3.05, 3.63) is 18.0 Å². The molecule has 2 rings (SSSR count). The molecule has 1 N–H and O–H groups in total. The van der Waals surface area contributed by atoms with Crippen LogP contribution in [0.2, 0.25) is 0 Å². The van der Waals surface area contributed by atoms with E-state index in [1.165, 1.54) is 24.9 Å². The summed E-state index contributed by atoms with van der Waals surface area (Å²) in [4.78, 5) is 0. The molecule has 0 bridgehead atoms. The number of rotatable bonds is 2. The minimum Gasteiger partial charge on any atom is -0.314 e. The lowest BCUT2D eigenvalue weighted by atomic mass is 9.87. The fourth-order valence-corrected chi connectivity index (χ4v) is 2.24. The van der Waals surface area contributed by atoms with Crippen molar-refractivity contribution in [2.45, 2.75) is 45.2 Å². The van der Waals surface area contributed by atoms with Gasteiger partial charge in [0, 0.05) is 24.7 Å². The highest BCUT2D eigenvalue weighted by Gasteiger charge is 2.23. The highest BCUT2D eigenvalue weighted by Crippen LogP contribution is 2.27. The molecule has 0 spiro atoms. The van der Waals surface area contributed by atoms with Crippen LogP contribution in [-0.2, 0) is 6.54 Å². The van der Waals surface area contributed by atoms with Crippen LogP contribution < -0.4 is 5.32 Å². The van der Waals surface area contributed by atoms with Crippen molar-refractivity contribution >= 4 is 0 Å². The summed E-state index contributed by atoms with van der Waals surface area (Å²) in [7, 11) is 0. The smallest absolute Gasteiger partial charge is 0.0525 e. The van der Waals surface area contributed by atoms with Crippen molar-refractivity contribution < 1.29 is 0 Å². The van der Waals surface area contributed by atoms with Crippen LogP contribution in [0.4, 0.5) is 0 Å². The second-order valence-corrected chi connectivity index (χ2v) is 4.12. The van der Waals surface area contributed by atoms with Gasteiger partial charge in [-0.25, -0.2) is 0 Å². The quantitative estimate of drug-likeness (QED) is 0.775. The van der Waals surface area contributed by atoms with Crippen molar-refractivity contribution in [3.63, 3.8) is 0 Å². The standard InChI is InChI=1S/C11H19N3/c1-3-14-8-10(7-13-14)11-5-4-6-12-9(11)2/h7-9,11-12H,3-6H2,1-2H3. The molecule has 1 saturated heterocycles. The van der Waals surface area contributed by atoms with Gasteiger partial charge in [-0.3, -0.25) is 4.68 Å². The van der Waals surface area contributed by atoms with Crippen LogP contribution in [0.15, 0.2) is 12.4 Å². The predicted molar refractivity (Wildman–Crippen MR) is 57.3 cm³/mol. The first-order valence-electron chi connectivity index (χ1n) is 5.57. The van der Waals surface area contributed by atoms with Gasteiger partial charge in [-0.2, -0.15) is 5.10 Å². The minimum atomic E-state index is 0.596. The molecule has 2 unspecified atom stereocenters. The Bertz CT molecular complexity index is 292. The van der Waals surface area contributed by atoms with Crippen LogP contribution >= 0.6 is 0 Å². The van der Waals surface area contributed by atoms with Crippen molar-refractivity contribution in [1.82, 2.24) is 15.1 Å². The van der Waals surface area contributed by atoms with Gasteiger partial charge in [-0.05, 0) is 38.8 Å². The van der Waals surface area contributed by atoms with E-state index in [1.807, 2.05) is 10.9 Å². The molecule has 0 aromatic carbocycles. The lowest BCUT2D eigenvalue weighted by Gasteiger charge is -2.29. The summed E-state index contributed by atoms with van der Waals surface area (Å²) in [5, 5.41) is 7.85. The molecule has 0 radical (unpaired) electrons. The van der Waals surface area contributed by atoms with Crippen LogP contribution in [-0.4, -0.2) is 22.4 Å². The Balaban J connectivity index is 2.12. The summed E-state index contributed by atoms with van der Waals surface area (Å²) in [6, 6.07) is 0.596. The Kier molecular flexibility index (Phi) is 2.87. The lowest BCUT2D eigenvalue weighted by Crippen LogP contribution is -2.37. The van der Waals surface area contributed by atoms with Crippen molar-refractivity contribution in [2.75, 3.05) is 6.54 Å². The number of nitrogens with zero attached hydrogens (tertiary/aromatic N) is 2. The molecule has 14 heavy (non-hydrogen) atoms. The molecule has 1 aliphatic rings. The fourth-order valence-electron chi connectivity index (χ4n) is 2.24. The normalized spacial score (nSPS) is 27.9. The van der Waals surface area contributed by atoms with E-state index < -0.39 is 0 Å². The molecule has 1 aromatic heterocycles. The van der Waals surface area contributed by atoms with Crippen LogP contribution in [0.1, 0.15) is 38.2 Å². The van der Waals surface area contributed by atoms with E-state index in [4.69, 9.17) is 0 Å². The van der Waals surface area contributed by atoms with E-state index in [2.05, 4.69) is 30.5 Å². The molecule has 78 valence electrons. The van der Waals surface area contributed by atoms with E-state index in [-0.39, 0.29) is 0 Å². The molecule has 1 aliphatic heterocycles. The molecule has 1 aromatic rings. The zero-order valence-corrected chi connectivity index (χ0v) is 9.03. The SMILES string of the molecule is CCn1cc(C2CCCNC2C)cn1. The van der Waals surface area contributed by atoms with Gasteiger partial charge >= 0.3 is 0 Å². The van der Waals surface area contributed by atoms with Crippen LogP contribution in [0.3, 0.4) is 0 Å². The van der Waals surface area contributed by atoms with E-state index in [0.717, 1.165) is 6.54 Å². The third kappa shape index (κ3) is 1.82. The molecular weight excluding hydrogens is 174 g/mol.